The van der Waals surface area contributed by atoms with Gasteiger partial charge in [-0.2, -0.15) is 0 Å². The van der Waals surface area contributed by atoms with Gasteiger partial charge in [0.05, 0.1) is 10.8 Å². The second kappa shape index (κ2) is 4.94. The average molecular weight is 316 g/mol. The van der Waals surface area contributed by atoms with E-state index in [9.17, 15) is 4.79 Å². The van der Waals surface area contributed by atoms with E-state index in [1.165, 1.54) is 5.56 Å². The Kier molecular flexibility index (Phi) is 3.08. The van der Waals surface area contributed by atoms with E-state index < -0.39 is 0 Å². The first kappa shape index (κ1) is 14.9. The lowest BCUT2D eigenvalue weighted by Gasteiger charge is -2.25. The highest BCUT2D eigenvalue weighted by Crippen LogP contribution is 2.38. The molecule has 2 heteroatoms. The predicted octanol–water partition coefficient (Wildman–Crippen LogP) is 5.71. The van der Waals surface area contributed by atoms with Crippen LogP contribution in [-0.2, 0) is 5.41 Å². The molecule has 0 fully saturated rings. The second-order valence-electron chi connectivity index (χ2n) is 7.43. The summed E-state index contributed by atoms with van der Waals surface area (Å²) < 4.78 is 6.19. The number of para-hydroxylation sites is 1. The third-order valence-corrected chi connectivity index (χ3v) is 4.74. The highest BCUT2D eigenvalue weighted by Gasteiger charge is 2.24. The minimum absolute atomic E-state index is 0.0561. The van der Waals surface area contributed by atoms with Gasteiger partial charge < -0.3 is 4.42 Å². The van der Waals surface area contributed by atoms with Gasteiger partial charge >= 0.3 is 0 Å². The Morgan fingerprint density at radius 3 is 2.08 bits per heavy atom. The average Bonchev–Trinajstić information content (AvgIpc) is 2.54. The third-order valence-electron chi connectivity index (χ3n) is 4.74. The van der Waals surface area contributed by atoms with Crippen LogP contribution in [0.4, 0.5) is 0 Å². The fourth-order valence-corrected chi connectivity index (χ4v) is 3.86. The van der Waals surface area contributed by atoms with Crippen LogP contribution in [0.25, 0.3) is 32.7 Å². The van der Waals surface area contributed by atoms with E-state index in [0.29, 0.717) is 21.9 Å². The van der Waals surface area contributed by atoms with Crippen LogP contribution < -0.4 is 5.43 Å². The summed E-state index contributed by atoms with van der Waals surface area (Å²) in [5.41, 5.74) is 3.57. The molecule has 0 aliphatic carbocycles. The zero-order valence-corrected chi connectivity index (χ0v) is 14.4. The van der Waals surface area contributed by atoms with Crippen molar-refractivity contribution in [3.8, 4) is 0 Å². The predicted molar refractivity (Wildman–Crippen MR) is 101 cm³/mol. The van der Waals surface area contributed by atoms with Crippen molar-refractivity contribution >= 4 is 32.7 Å². The zero-order valence-electron chi connectivity index (χ0n) is 14.4. The summed E-state index contributed by atoms with van der Waals surface area (Å²) in [5, 5.41) is 3.51. The molecule has 0 unspecified atom stereocenters. The highest BCUT2D eigenvalue weighted by molar-refractivity contribution is 6.10. The highest BCUT2D eigenvalue weighted by atomic mass is 16.3. The van der Waals surface area contributed by atoms with Gasteiger partial charge in [-0.15, -0.1) is 0 Å². The quantitative estimate of drug-likeness (QED) is 0.307. The van der Waals surface area contributed by atoms with E-state index in [1.54, 1.807) is 0 Å². The van der Waals surface area contributed by atoms with Crippen LogP contribution in [0, 0.1) is 6.92 Å². The minimum atomic E-state index is -0.0596. The molecule has 4 aromatic rings. The molecule has 0 saturated carbocycles. The molecule has 0 atom stereocenters. The smallest absolute Gasteiger partial charge is 0.200 e. The largest absolute Gasteiger partial charge is 0.455 e. The molecule has 0 aliphatic heterocycles. The van der Waals surface area contributed by atoms with Gasteiger partial charge in [-0.3, -0.25) is 4.79 Å². The van der Waals surface area contributed by atoms with Gasteiger partial charge in [0, 0.05) is 5.39 Å². The maximum Gasteiger partial charge on any atom is 0.200 e. The normalized spacial score (nSPS) is 12.3. The van der Waals surface area contributed by atoms with E-state index in [1.807, 2.05) is 49.4 Å². The fraction of sp³-hybridized carbons (Fsp3) is 0.227. The minimum Gasteiger partial charge on any atom is -0.455 e. The number of benzene rings is 3. The molecule has 0 aliphatic rings. The number of hydrogen-bond donors (Lipinski definition) is 0. The van der Waals surface area contributed by atoms with E-state index in [2.05, 4.69) is 26.8 Å². The van der Waals surface area contributed by atoms with E-state index in [-0.39, 0.29) is 10.8 Å². The van der Waals surface area contributed by atoms with Crippen molar-refractivity contribution in [1.82, 2.24) is 0 Å². The Balaban J connectivity index is 2.39. The van der Waals surface area contributed by atoms with Gasteiger partial charge in [0.1, 0.15) is 11.2 Å². The summed E-state index contributed by atoms with van der Waals surface area (Å²) in [6.07, 6.45) is 0. The van der Waals surface area contributed by atoms with Crippen LogP contribution in [0.3, 0.4) is 0 Å². The van der Waals surface area contributed by atoms with Gasteiger partial charge in [-0.05, 0) is 41.0 Å². The molecule has 4 rings (SSSR count). The first-order chi connectivity index (χ1) is 11.4. The monoisotopic (exact) mass is 316 g/mol. The number of rotatable bonds is 0. The Labute approximate surface area is 140 Å². The first-order valence-electron chi connectivity index (χ1n) is 8.27. The molecule has 0 spiro atoms. The molecule has 1 aromatic heterocycles. The molecule has 0 N–H and O–H groups in total. The maximum absolute atomic E-state index is 13.2. The van der Waals surface area contributed by atoms with Crippen molar-refractivity contribution in [2.45, 2.75) is 33.1 Å². The summed E-state index contributed by atoms with van der Waals surface area (Å²) in [6.45, 7) is 8.61. The van der Waals surface area contributed by atoms with Gasteiger partial charge in [-0.25, -0.2) is 0 Å². The van der Waals surface area contributed by atoms with Gasteiger partial charge in [0.2, 0.25) is 5.43 Å². The Bertz CT molecular complexity index is 1160. The number of hydrogen-bond acceptors (Lipinski definition) is 2. The summed E-state index contributed by atoms with van der Waals surface area (Å²) >= 11 is 0. The van der Waals surface area contributed by atoms with Gasteiger partial charge in [0.25, 0.3) is 0 Å². The maximum atomic E-state index is 13.2. The topological polar surface area (TPSA) is 30.2 Å². The fourth-order valence-electron chi connectivity index (χ4n) is 3.86. The van der Waals surface area contributed by atoms with Crippen molar-refractivity contribution in [2.75, 3.05) is 0 Å². The molecule has 1 heterocycles. The van der Waals surface area contributed by atoms with Crippen LogP contribution in [0.1, 0.15) is 31.9 Å². The molecule has 2 nitrogen and oxygen atoms in total. The SMILES string of the molecule is Cc1c(C(C)(C)C)c2ccccc2c2oc3ccccc3c(=O)c12. The Morgan fingerprint density at radius 1 is 0.833 bits per heavy atom. The molecule has 120 valence electrons. The first-order valence-corrected chi connectivity index (χ1v) is 8.27. The van der Waals surface area contributed by atoms with E-state index in [4.69, 9.17) is 4.42 Å². The van der Waals surface area contributed by atoms with Crippen molar-refractivity contribution in [1.29, 1.82) is 0 Å². The summed E-state index contributed by atoms with van der Waals surface area (Å²) in [5.74, 6) is 0. The lowest BCUT2D eigenvalue weighted by atomic mass is 9.79. The molecule has 0 radical (unpaired) electrons. The van der Waals surface area contributed by atoms with Crippen LogP contribution in [-0.4, -0.2) is 0 Å². The van der Waals surface area contributed by atoms with E-state index in [0.717, 1.165) is 16.3 Å². The van der Waals surface area contributed by atoms with Crippen molar-refractivity contribution < 1.29 is 4.42 Å². The lowest BCUT2D eigenvalue weighted by molar-refractivity contribution is 0.592. The van der Waals surface area contributed by atoms with Gasteiger partial charge in [-0.1, -0.05) is 57.2 Å². The molecular formula is C22H20O2. The molecule has 3 aromatic carbocycles. The summed E-state index contributed by atoms with van der Waals surface area (Å²) in [6, 6.07) is 15.7. The van der Waals surface area contributed by atoms with Crippen LogP contribution in [0.5, 0.6) is 0 Å². The van der Waals surface area contributed by atoms with Crippen LogP contribution in [0.15, 0.2) is 57.7 Å². The summed E-state index contributed by atoms with van der Waals surface area (Å²) in [7, 11) is 0. The number of fused-ring (bicyclic) bond motifs is 4. The van der Waals surface area contributed by atoms with Gasteiger partial charge in [0.15, 0.2) is 0 Å². The molecule has 24 heavy (non-hydrogen) atoms. The van der Waals surface area contributed by atoms with Crippen molar-refractivity contribution in [2.24, 2.45) is 0 Å². The second-order valence-corrected chi connectivity index (χ2v) is 7.43. The number of aryl methyl sites for hydroxylation is 1. The van der Waals surface area contributed by atoms with Crippen LogP contribution in [0.2, 0.25) is 0 Å². The Morgan fingerprint density at radius 2 is 1.42 bits per heavy atom. The molecule has 0 saturated heterocycles. The zero-order chi connectivity index (χ0) is 17.1. The Hall–Kier alpha value is -2.61. The standard InChI is InChI=1S/C22H20O2/c1-13-18-20(23)16-11-7-8-12-17(16)24-21(18)15-10-6-5-9-14(15)19(13)22(2,3)4/h5-12H,1-4H3. The third kappa shape index (κ3) is 1.99. The van der Waals surface area contributed by atoms with Crippen LogP contribution >= 0.6 is 0 Å². The molecule has 0 bridgehead atoms. The summed E-state index contributed by atoms with van der Waals surface area (Å²) in [4.78, 5) is 13.2. The van der Waals surface area contributed by atoms with Crippen molar-refractivity contribution in [3.05, 3.63) is 69.9 Å². The van der Waals surface area contributed by atoms with E-state index >= 15 is 0 Å². The molecular weight excluding hydrogens is 296 g/mol. The molecule has 0 amide bonds. The van der Waals surface area contributed by atoms with Crippen molar-refractivity contribution in [3.63, 3.8) is 0 Å². The lowest BCUT2D eigenvalue weighted by Crippen LogP contribution is -2.16.